The molecule has 9 atom stereocenters. The quantitative estimate of drug-likeness (QED) is 0.366. The number of rotatable bonds is 5. The number of hydrogen-bond acceptors (Lipinski definition) is 5. The predicted molar refractivity (Wildman–Crippen MR) is 136 cm³/mol. The molecule has 196 valence electrons. The van der Waals surface area contributed by atoms with Crippen molar-refractivity contribution in [3.63, 3.8) is 0 Å². The first-order valence-electron chi connectivity index (χ1n) is 14.3. The Balaban J connectivity index is 1.28. The van der Waals surface area contributed by atoms with E-state index >= 15 is 0 Å². The first-order valence-corrected chi connectivity index (χ1v) is 14.3. The second-order valence-corrected chi connectivity index (χ2v) is 13.4. The molecular formula is C30H47NO4. The molecule has 0 amide bonds. The molecular weight excluding hydrogens is 438 g/mol. The molecule has 1 aliphatic heterocycles. The average molecular weight is 486 g/mol. The Hall–Kier alpha value is -1.36. The van der Waals surface area contributed by atoms with Crippen LogP contribution < -0.4 is 0 Å². The molecule has 5 aliphatic rings. The SMILES string of the molecule is CC(=O)OC(CC(C)C)C(=O)OC1CCC2(C)C(=CCC3C2CCC24CN(C)C(C)C2CCC34)C1. The van der Waals surface area contributed by atoms with E-state index in [1.165, 1.54) is 51.1 Å². The molecule has 1 saturated heterocycles. The molecule has 35 heavy (non-hydrogen) atoms. The van der Waals surface area contributed by atoms with E-state index in [1.54, 1.807) is 0 Å². The molecule has 3 saturated carbocycles. The van der Waals surface area contributed by atoms with Crippen molar-refractivity contribution >= 4 is 11.9 Å². The zero-order valence-electron chi connectivity index (χ0n) is 22.8. The van der Waals surface area contributed by atoms with E-state index in [1.807, 2.05) is 13.8 Å². The van der Waals surface area contributed by atoms with Crippen molar-refractivity contribution in [1.29, 1.82) is 0 Å². The van der Waals surface area contributed by atoms with Crippen LogP contribution in [0.3, 0.4) is 0 Å². The first kappa shape index (κ1) is 25.3. The number of carbonyl (C=O) groups excluding carboxylic acids is 2. The van der Waals surface area contributed by atoms with Gasteiger partial charge in [-0.1, -0.05) is 32.4 Å². The van der Waals surface area contributed by atoms with Crippen LogP contribution in [0, 0.1) is 40.4 Å². The summed E-state index contributed by atoms with van der Waals surface area (Å²) in [4.78, 5) is 27.1. The number of ether oxygens (including phenoxy) is 2. The zero-order chi connectivity index (χ0) is 25.1. The fourth-order valence-electron chi connectivity index (χ4n) is 9.59. The van der Waals surface area contributed by atoms with Crippen LogP contribution in [0.5, 0.6) is 0 Å². The van der Waals surface area contributed by atoms with Gasteiger partial charge >= 0.3 is 11.9 Å². The minimum absolute atomic E-state index is 0.0984. The Morgan fingerprint density at radius 1 is 1.11 bits per heavy atom. The molecule has 1 heterocycles. The maximum atomic E-state index is 12.9. The van der Waals surface area contributed by atoms with Crippen molar-refractivity contribution in [2.75, 3.05) is 13.6 Å². The van der Waals surface area contributed by atoms with Crippen LogP contribution in [-0.2, 0) is 19.1 Å². The second-order valence-electron chi connectivity index (χ2n) is 13.4. The van der Waals surface area contributed by atoms with Crippen molar-refractivity contribution in [2.45, 2.75) is 111 Å². The Labute approximate surface area is 212 Å². The zero-order valence-corrected chi connectivity index (χ0v) is 22.8. The summed E-state index contributed by atoms with van der Waals surface area (Å²) in [5.74, 6) is 2.83. The van der Waals surface area contributed by atoms with Crippen LogP contribution >= 0.6 is 0 Å². The van der Waals surface area contributed by atoms with Crippen LogP contribution in [-0.4, -0.2) is 48.7 Å². The third kappa shape index (κ3) is 4.18. The van der Waals surface area contributed by atoms with E-state index in [4.69, 9.17) is 9.47 Å². The second kappa shape index (κ2) is 9.19. The van der Waals surface area contributed by atoms with Gasteiger partial charge in [0.25, 0.3) is 0 Å². The van der Waals surface area contributed by atoms with E-state index in [0.29, 0.717) is 11.8 Å². The largest absolute Gasteiger partial charge is 0.459 e. The molecule has 5 nitrogen and oxygen atoms in total. The normalized spacial score (nSPS) is 43.5. The smallest absolute Gasteiger partial charge is 0.347 e. The average Bonchev–Trinajstić information content (AvgIpc) is 3.26. The molecule has 5 rings (SSSR count). The van der Waals surface area contributed by atoms with Gasteiger partial charge in [0.1, 0.15) is 6.10 Å². The minimum Gasteiger partial charge on any atom is -0.459 e. The number of esters is 2. The predicted octanol–water partition coefficient (Wildman–Crippen LogP) is 5.77. The van der Waals surface area contributed by atoms with Crippen LogP contribution in [0.25, 0.3) is 0 Å². The van der Waals surface area contributed by atoms with E-state index < -0.39 is 12.1 Å². The molecule has 0 aromatic carbocycles. The van der Waals surface area contributed by atoms with E-state index in [0.717, 1.165) is 49.0 Å². The van der Waals surface area contributed by atoms with E-state index in [2.05, 4.69) is 31.9 Å². The summed E-state index contributed by atoms with van der Waals surface area (Å²) in [6.07, 6.45) is 11.8. The van der Waals surface area contributed by atoms with Gasteiger partial charge in [-0.25, -0.2) is 4.79 Å². The fourth-order valence-corrected chi connectivity index (χ4v) is 9.59. The number of carbonyl (C=O) groups is 2. The van der Waals surface area contributed by atoms with Crippen LogP contribution in [0.15, 0.2) is 11.6 Å². The van der Waals surface area contributed by atoms with Crippen molar-refractivity contribution in [3.05, 3.63) is 11.6 Å². The highest BCUT2D eigenvalue weighted by Crippen LogP contribution is 2.68. The van der Waals surface area contributed by atoms with Crippen molar-refractivity contribution in [3.8, 4) is 0 Å². The number of hydrogen-bond donors (Lipinski definition) is 0. The lowest BCUT2D eigenvalue weighted by molar-refractivity contribution is -0.173. The molecule has 0 N–H and O–H groups in total. The standard InChI is InChI=1S/C30H47NO4/c1-18(2)15-27(34-20(4)32)28(33)35-22-11-13-29(5)21(16-22)7-8-23-25(29)12-14-30-17-31(6)19(3)24(30)9-10-26(23)30/h7,18-19,22-27H,8-17H2,1-6H3. The summed E-state index contributed by atoms with van der Waals surface area (Å²) < 4.78 is 11.3. The van der Waals surface area contributed by atoms with Gasteiger partial charge < -0.3 is 14.4 Å². The Morgan fingerprint density at radius 3 is 2.57 bits per heavy atom. The van der Waals surface area contributed by atoms with Gasteiger partial charge in [0.05, 0.1) is 0 Å². The minimum atomic E-state index is -0.790. The molecule has 1 spiro atoms. The molecule has 0 aromatic rings. The number of allylic oxidation sites excluding steroid dienone is 1. The van der Waals surface area contributed by atoms with Gasteiger partial charge in [-0.15, -0.1) is 0 Å². The molecule has 4 fully saturated rings. The van der Waals surface area contributed by atoms with E-state index in [-0.39, 0.29) is 23.4 Å². The Morgan fingerprint density at radius 2 is 1.86 bits per heavy atom. The monoisotopic (exact) mass is 485 g/mol. The van der Waals surface area contributed by atoms with Gasteiger partial charge in [0, 0.05) is 25.9 Å². The van der Waals surface area contributed by atoms with Gasteiger partial charge in [-0.2, -0.15) is 0 Å². The van der Waals surface area contributed by atoms with E-state index in [9.17, 15) is 9.59 Å². The summed E-state index contributed by atoms with van der Waals surface area (Å²) >= 11 is 0. The first-order chi connectivity index (χ1) is 16.5. The summed E-state index contributed by atoms with van der Waals surface area (Å²) in [7, 11) is 2.34. The van der Waals surface area contributed by atoms with Crippen LogP contribution in [0.4, 0.5) is 0 Å². The van der Waals surface area contributed by atoms with Crippen LogP contribution in [0.2, 0.25) is 0 Å². The van der Waals surface area contributed by atoms with Crippen molar-refractivity contribution < 1.29 is 19.1 Å². The third-order valence-corrected chi connectivity index (χ3v) is 11.2. The third-order valence-electron chi connectivity index (χ3n) is 11.2. The number of nitrogens with zero attached hydrogens (tertiary/aromatic N) is 1. The highest BCUT2D eigenvalue weighted by Gasteiger charge is 2.64. The topological polar surface area (TPSA) is 55.8 Å². The molecule has 0 bridgehead atoms. The highest BCUT2D eigenvalue weighted by molar-refractivity contribution is 5.78. The van der Waals surface area contributed by atoms with Gasteiger partial charge in [0.15, 0.2) is 6.10 Å². The van der Waals surface area contributed by atoms with Crippen molar-refractivity contribution in [1.82, 2.24) is 4.90 Å². The maximum absolute atomic E-state index is 12.9. The Kier molecular flexibility index (Phi) is 6.64. The molecule has 0 radical (unpaired) electrons. The fraction of sp³-hybridized carbons (Fsp3) is 0.867. The van der Waals surface area contributed by atoms with Gasteiger partial charge in [-0.05, 0) is 106 Å². The molecule has 9 unspecified atom stereocenters. The van der Waals surface area contributed by atoms with Gasteiger partial charge in [-0.3, -0.25) is 4.79 Å². The number of fused-ring (bicyclic) bond motifs is 4. The maximum Gasteiger partial charge on any atom is 0.347 e. The van der Waals surface area contributed by atoms with Gasteiger partial charge in [0.2, 0.25) is 0 Å². The Bertz CT molecular complexity index is 882. The summed E-state index contributed by atoms with van der Waals surface area (Å²) in [6, 6.07) is 0.735. The highest BCUT2D eigenvalue weighted by atomic mass is 16.6. The molecule has 0 aromatic heterocycles. The lowest BCUT2D eigenvalue weighted by atomic mass is 9.47. The summed E-state index contributed by atoms with van der Waals surface area (Å²) in [6.45, 7) is 11.7. The summed E-state index contributed by atoms with van der Waals surface area (Å²) in [5, 5.41) is 0. The molecule has 4 aliphatic carbocycles. The summed E-state index contributed by atoms with van der Waals surface area (Å²) in [5.41, 5.74) is 2.33. The lowest BCUT2D eigenvalue weighted by Crippen LogP contribution is -2.52. The van der Waals surface area contributed by atoms with Crippen molar-refractivity contribution in [2.24, 2.45) is 40.4 Å². The number of likely N-dealkylation sites (tertiary alicyclic amines) is 1. The molecule has 5 heteroatoms. The van der Waals surface area contributed by atoms with Crippen LogP contribution in [0.1, 0.15) is 92.4 Å². The lowest BCUT2D eigenvalue weighted by Gasteiger charge is -2.58.